The lowest BCUT2D eigenvalue weighted by Gasteiger charge is -2.24. The molecule has 0 rings (SSSR count). The number of aliphatic carboxylic acids is 1. The van der Waals surface area contributed by atoms with E-state index in [1.54, 1.807) is 0 Å². The van der Waals surface area contributed by atoms with Crippen LogP contribution in [0.2, 0.25) is 0 Å². The third-order valence-corrected chi connectivity index (χ3v) is 2.27. The lowest BCUT2D eigenvalue weighted by molar-refractivity contribution is -0.156. The third kappa shape index (κ3) is 4.13. The molecule has 0 spiro atoms. The van der Waals surface area contributed by atoms with Gasteiger partial charge in [-0.15, -0.1) is 0 Å². The van der Waals surface area contributed by atoms with Crippen LogP contribution in [0.3, 0.4) is 0 Å². The molecule has 0 aliphatic rings. The summed E-state index contributed by atoms with van der Waals surface area (Å²) in [7, 11) is 0. The number of hydrogen-bond acceptors (Lipinski definition) is 5. The van der Waals surface area contributed by atoms with Crippen molar-refractivity contribution in [3.05, 3.63) is 0 Å². The van der Waals surface area contributed by atoms with E-state index >= 15 is 0 Å². The van der Waals surface area contributed by atoms with Crippen molar-refractivity contribution in [3.63, 3.8) is 0 Å². The predicted molar refractivity (Wildman–Crippen MR) is 61.3 cm³/mol. The summed E-state index contributed by atoms with van der Waals surface area (Å²) in [5.74, 6) is -2.22. The van der Waals surface area contributed by atoms with Crippen molar-refractivity contribution < 1.29 is 19.5 Å². The van der Waals surface area contributed by atoms with Crippen LogP contribution in [-0.2, 0) is 14.4 Å². The molecular formula is C8H13NO4S2. The number of carbonyl (C=O) groups is 3. The van der Waals surface area contributed by atoms with E-state index in [1.165, 1.54) is 0 Å². The van der Waals surface area contributed by atoms with Crippen LogP contribution in [0.5, 0.6) is 0 Å². The number of carbonyl (C=O) groups excluding carboxylic acids is 2. The van der Waals surface area contributed by atoms with Crippen LogP contribution in [0, 0.1) is 0 Å². The molecule has 0 saturated carbocycles. The summed E-state index contributed by atoms with van der Waals surface area (Å²) in [6.07, 6.45) is 0.0280. The van der Waals surface area contributed by atoms with E-state index in [-0.39, 0.29) is 17.9 Å². The van der Waals surface area contributed by atoms with E-state index in [9.17, 15) is 14.4 Å². The molecule has 2 amide bonds. The zero-order chi connectivity index (χ0) is 12.0. The topological polar surface area (TPSA) is 74.7 Å². The Morgan fingerprint density at radius 1 is 1.33 bits per heavy atom. The van der Waals surface area contributed by atoms with Gasteiger partial charge >= 0.3 is 5.97 Å². The number of carboxylic acid groups (broad SMARTS) is 1. The monoisotopic (exact) mass is 251 g/mol. The lowest BCUT2D eigenvalue weighted by Crippen LogP contribution is -2.49. The van der Waals surface area contributed by atoms with Crippen molar-refractivity contribution in [2.45, 2.75) is 19.4 Å². The highest BCUT2D eigenvalue weighted by Crippen LogP contribution is 2.06. The van der Waals surface area contributed by atoms with Crippen LogP contribution in [0.25, 0.3) is 0 Å². The summed E-state index contributed by atoms with van der Waals surface area (Å²) < 4.78 is 0. The smallest absolute Gasteiger partial charge is 0.327 e. The molecule has 0 aromatic rings. The van der Waals surface area contributed by atoms with E-state index in [0.717, 1.165) is 6.92 Å². The molecule has 0 aromatic heterocycles. The number of thiol groups is 2. The SMILES string of the molecule is CC(=O)N(C(=O)CCS)[C@@H](CS)C(=O)O. The standard InChI is InChI=1S/C8H13NO4S2/c1-5(10)9(7(11)2-3-14)6(4-15)8(12)13/h6,14-15H,2-4H2,1H3,(H,12,13)/t6-/m0/s1. The van der Waals surface area contributed by atoms with Gasteiger partial charge in [0, 0.05) is 19.1 Å². The van der Waals surface area contributed by atoms with Gasteiger partial charge in [0.25, 0.3) is 0 Å². The van der Waals surface area contributed by atoms with Gasteiger partial charge in [0.05, 0.1) is 0 Å². The van der Waals surface area contributed by atoms with Crippen molar-refractivity contribution in [3.8, 4) is 0 Å². The van der Waals surface area contributed by atoms with Crippen LogP contribution in [0.1, 0.15) is 13.3 Å². The van der Waals surface area contributed by atoms with Gasteiger partial charge in [0.2, 0.25) is 11.8 Å². The van der Waals surface area contributed by atoms with Gasteiger partial charge < -0.3 is 5.11 Å². The molecule has 0 radical (unpaired) electrons. The maximum Gasteiger partial charge on any atom is 0.327 e. The summed E-state index contributed by atoms with van der Waals surface area (Å²) in [6.45, 7) is 1.15. The second-order valence-corrected chi connectivity index (χ2v) is 3.61. The highest BCUT2D eigenvalue weighted by Gasteiger charge is 2.30. The number of rotatable bonds is 5. The average Bonchev–Trinajstić information content (AvgIpc) is 2.12. The van der Waals surface area contributed by atoms with Gasteiger partial charge in [0.15, 0.2) is 0 Å². The number of nitrogens with zero attached hydrogens (tertiary/aromatic N) is 1. The maximum atomic E-state index is 11.4. The second-order valence-electron chi connectivity index (χ2n) is 2.79. The minimum absolute atomic E-state index is 0.0280. The lowest BCUT2D eigenvalue weighted by atomic mass is 10.2. The highest BCUT2D eigenvalue weighted by molar-refractivity contribution is 7.80. The number of imide groups is 1. The molecule has 1 N–H and O–H groups in total. The molecule has 1 atom stereocenters. The van der Waals surface area contributed by atoms with Gasteiger partial charge in [-0.3, -0.25) is 14.5 Å². The number of carboxylic acids is 1. The second kappa shape index (κ2) is 6.73. The largest absolute Gasteiger partial charge is 0.480 e. The fourth-order valence-electron chi connectivity index (χ4n) is 1.06. The summed E-state index contributed by atoms with van der Waals surface area (Å²) >= 11 is 7.65. The van der Waals surface area contributed by atoms with Gasteiger partial charge in [-0.2, -0.15) is 25.3 Å². The Morgan fingerprint density at radius 2 is 1.87 bits per heavy atom. The fourth-order valence-corrected chi connectivity index (χ4v) is 1.57. The zero-order valence-corrected chi connectivity index (χ0v) is 10.0. The average molecular weight is 251 g/mol. The Kier molecular flexibility index (Phi) is 6.42. The van der Waals surface area contributed by atoms with Crippen molar-refractivity contribution in [2.75, 3.05) is 11.5 Å². The maximum absolute atomic E-state index is 11.4. The van der Waals surface area contributed by atoms with E-state index in [2.05, 4.69) is 25.3 Å². The summed E-state index contributed by atoms with van der Waals surface area (Å²) in [5, 5.41) is 8.80. The van der Waals surface area contributed by atoms with Crippen molar-refractivity contribution in [1.29, 1.82) is 0 Å². The molecule has 7 heteroatoms. The van der Waals surface area contributed by atoms with Crippen LogP contribution < -0.4 is 0 Å². The summed E-state index contributed by atoms with van der Waals surface area (Å²) in [5.41, 5.74) is 0. The molecule has 0 fully saturated rings. The first kappa shape index (κ1) is 14.3. The molecular weight excluding hydrogens is 238 g/mol. The Bertz CT molecular complexity index is 269. The van der Waals surface area contributed by atoms with E-state index in [1.807, 2.05) is 0 Å². The Labute approximate surface area is 98.6 Å². The van der Waals surface area contributed by atoms with E-state index < -0.39 is 23.8 Å². The molecule has 0 aliphatic heterocycles. The van der Waals surface area contributed by atoms with Crippen molar-refractivity contribution in [1.82, 2.24) is 4.90 Å². The molecule has 0 unspecified atom stereocenters. The molecule has 0 aliphatic carbocycles. The fraction of sp³-hybridized carbons (Fsp3) is 0.625. The Morgan fingerprint density at radius 3 is 2.13 bits per heavy atom. The quantitative estimate of drug-likeness (QED) is 0.604. The van der Waals surface area contributed by atoms with Gasteiger partial charge in [0.1, 0.15) is 6.04 Å². The molecule has 0 bridgehead atoms. The molecule has 0 heterocycles. The minimum Gasteiger partial charge on any atom is -0.480 e. The van der Waals surface area contributed by atoms with E-state index in [4.69, 9.17) is 5.11 Å². The van der Waals surface area contributed by atoms with Crippen LogP contribution in [0.4, 0.5) is 0 Å². The summed E-state index contributed by atoms with van der Waals surface area (Å²) in [6, 6.07) is -1.21. The first-order chi connectivity index (χ1) is 6.95. The van der Waals surface area contributed by atoms with E-state index in [0.29, 0.717) is 4.90 Å². The molecule has 15 heavy (non-hydrogen) atoms. The van der Waals surface area contributed by atoms with Gasteiger partial charge in [-0.25, -0.2) is 4.79 Å². The summed E-state index contributed by atoms with van der Waals surface area (Å²) in [4.78, 5) is 34.1. The Balaban J connectivity index is 4.85. The first-order valence-electron chi connectivity index (χ1n) is 4.22. The van der Waals surface area contributed by atoms with Crippen LogP contribution >= 0.6 is 25.3 Å². The number of amides is 2. The van der Waals surface area contributed by atoms with Crippen LogP contribution in [0.15, 0.2) is 0 Å². The molecule has 86 valence electrons. The van der Waals surface area contributed by atoms with Gasteiger partial charge in [-0.1, -0.05) is 0 Å². The predicted octanol–water partition coefficient (Wildman–Crippen LogP) is 0.0644. The minimum atomic E-state index is -1.24. The number of hydrogen-bond donors (Lipinski definition) is 3. The molecule has 0 saturated heterocycles. The Hall–Kier alpha value is -0.690. The zero-order valence-electron chi connectivity index (χ0n) is 8.21. The molecule has 0 aromatic carbocycles. The first-order valence-corrected chi connectivity index (χ1v) is 5.49. The normalized spacial score (nSPS) is 11.9. The van der Waals surface area contributed by atoms with Crippen molar-refractivity contribution >= 4 is 43.0 Å². The third-order valence-electron chi connectivity index (χ3n) is 1.70. The van der Waals surface area contributed by atoms with Crippen molar-refractivity contribution in [2.24, 2.45) is 0 Å². The van der Waals surface area contributed by atoms with Gasteiger partial charge in [-0.05, 0) is 5.75 Å². The molecule has 5 nitrogen and oxygen atoms in total. The van der Waals surface area contributed by atoms with Crippen LogP contribution in [-0.4, -0.2) is 45.3 Å². The highest BCUT2D eigenvalue weighted by atomic mass is 32.1.